The molecular formula is C15H32N2. The van der Waals surface area contributed by atoms with Crippen LogP contribution in [0, 0.1) is 10.8 Å². The standard InChI is InChI=1S/C15H32N2/c1-13(2,3)11-14(4,5)17-12-15(6)7-9-16-10-8-15/h16-17H,7-12H2,1-6H3. The molecule has 0 amide bonds. The van der Waals surface area contributed by atoms with Gasteiger partial charge in [0.25, 0.3) is 0 Å². The molecule has 0 aromatic rings. The molecule has 102 valence electrons. The van der Waals surface area contributed by atoms with Gasteiger partial charge in [0, 0.05) is 12.1 Å². The highest BCUT2D eigenvalue weighted by atomic mass is 15.0. The topological polar surface area (TPSA) is 24.1 Å². The fraction of sp³-hybridized carbons (Fsp3) is 1.00. The predicted octanol–water partition coefficient (Wildman–Crippen LogP) is 3.18. The number of rotatable bonds is 4. The van der Waals surface area contributed by atoms with Gasteiger partial charge in [0.2, 0.25) is 0 Å². The molecule has 0 aromatic heterocycles. The molecule has 0 radical (unpaired) electrons. The van der Waals surface area contributed by atoms with Crippen molar-refractivity contribution in [1.29, 1.82) is 0 Å². The lowest BCUT2D eigenvalue weighted by Gasteiger charge is -2.40. The molecule has 1 fully saturated rings. The second kappa shape index (κ2) is 5.27. The first-order valence-corrected chi connectivity index (χ1v) is 7.08. The van der Waals surface area contributed by atoms with Crippen LogP contribution in [0.4, 0.5) is 0 Å². The number of hydrogen-bond acceptors (Lipinski definition) is 2. The van der Waals surface area contributed by atoms with Crippen molar-refractivity contribution in [2.24, 2.45) is 10.8 Å². The molecule has 0 saturated carbocycles. The molecule has 0 aliphatic carbocycles. The van der Waals surface area contributed by atoms with Gasteiger partial charge in [-0.1, -0.05) is 27.7 Å². The van der Waals surface area contributed by atoms with E-state index in [2.05, 4.69) is 52.2 Å². The molecule has 0 bridgehead atoms. The number of nitrogens with one attached hydrogen (secondary N) is 2. The summed E-state index contributed by atoms with van der Waals surface area (Å²) in [5.41, 5.74) is 1.12. The molecule has 2 nitrogen and oxygen atoms in total. The summed E-state index contributed by atoms with van der Waals surface area (Å²) in [6, 6.07) is 0. The van der Waals surface area contributed by atoms with E-state index in [1.807, 2.05) is 0 Å². The van der Waals surface area contributed by atoms with Crippen LogP contribution in [-0.4, -0.2) is 25.2 Å². The zero-order chi connectivity index (χ0) is 13.2. The van der Waals surface area contributed by atoms with Crippen LogP contribution >= 0.6 is 0 Å². The van der Waals surface area contributed by atoms with Gasteiger partial charge in [0.1, 0.15) is 0 Å². The molecule has 1 heterocycles. The van der Waals surface area contributed by atoms with Gasteiger partial charge >= 0.3 is 0 Å². The maximum Gasteiger partial charge on any atom is 0.0130 e. The second-order valence-electron chi connectivity index (χ2n) is 8.04. The molecule has 1 aliphatic rings. The van der Waals surface area contributed by atoms with Crippen molar-refractivity contribution in [3.63, 3.8) is 0 Å². The average molecular weight is 240 g/mol. The first-order valence-electron chi connectivity index (χ1n) is 7.08. The Morgan fingerprint density at radius 1 is 1.06 bits per heavy atom. The zero-order valence-corrected chi connectivity index (χ0v) is 12.7. The van der Waals surface area contributed by atoms with E-state index in [1.165, 1.54) is 32.4 Å². The van der Waals surface area contributed by atoms with Gasteiger partial charge in [-0.25, -0.2) is 0 Å². The largest absolute Gasteiger partial charge is 0.317 e. The summed E-state index contributed by atoms with van der Waals surface area (Å²) >= 11 is 0. The highest BCUT2D eigenvalue weighted by Gasteiger charge is 2.31. The Morgan fingerprint density at radius 3 is 2.06 bits per heavy atom. The summed E-state index contributed by atoms with van der Waals surface area (Å²) in [7, 11) is 0. The molecule has 1 saturated heterocycles. The third-order valence-corrected chi connectivity index (χ3v) is 3.78. The quantitative estimate of drug-likeness (QED) is 0.788. The van der Waals surface area contributed by atoms with Crippen LogP contribution in [0.1, 0.15) is 60.8 Å². The lowest BCUT2D eigenvalue weighted by Crippen LogP contribution is -2.49. The SMILES string of the molecule is CC(C)(C)CC(C)(C)NCC1(C)CCNCC1. The summed E-state index contributed by atoms with van der Waals surface area (Å²) in [4.78, 5) is 0. The van der Waals surface area contributed by atoms with E-state index in [-0.39, 0.29) is 5.54 Å². The van der Waals surface area contributed by atoms with E-state index in [4.69, 9.17) is 0 Å². The van der Waals surface area contributed by atoms with E-state index >= 15 is 0 Å². The van der Waals surface area contributed by atoms with Gasteiger partial charge in [-0.15, -0.1) is 0 Å². The fourth-order valence-electron chi connectivity index (χ4n) is 3.05. The van der Waals surface area contributed by atoms with Crippen molar-refractivity contribution in [2.75, 3.05) is 19.6 Å². The van der Waals surface area contributed by atoms with Crippen LogP contribution < -0.4 is 10.6 Å². The third-order valence-electron chi connectivity index (χ3n) is 3.78. The van der Waals surface area contributed by atoms with E-state index < -0.39 is 0 Å². The normalized spacial score (nSPS) is 21.5. The van der Waals surface area contributed by atoms with E-state index in [1.54, 1.807) is 0 Å². The van der Waals surface area contributed by atoms with Gasteiger partial charge in [0.15, 0.2) is 0 Å². The first kappa shape index (κ1) is 15.0. The molecular weight excluding hydrogens is 208 g/mol. The third kappa shape index (κ3) is 5.87. The molecule has 0 atom stereocenters. The van der Waals surface area contributed by atoms with Crippen LogP contribution in [0.2, 0.25) is 0 Å². The van der Waals surface area contributed by atoms with Crippen molar-refractivity contribution in [1.82, 2.24) is 10.6 Å². The highest BCUT2D eigenvalue weighted by molar-refractivity contribution is 4.88. The van der Waals surface area contributed by atoms with Crippen LogP contribution in [0.15, 0.2) is 0 Å². The summed E-state index contributed by atoms with van der Waals surface area (Å²) in [6.45, 7) is 17.6. The predicted molar refractivity (Wildman–Crippen MR) is 76.4 cm³/mol. The van der Waals surface area contributed by atoms with Gasteiger partial charge in [-0.3, -0.25) is 0 Å². The first-order chi connectivity index (χ1) is 7.62. The van der Waals surface area contributed by atoms with Crippen LogP contribution in [-0.2, 0) is 0 Å². The Kier molecular flexibility index (Phi) is 4.65. The van der Waals surface area contributed by atoms with Crippen molar-refractivity contribution >= 4 is 0 Å². The maximum atomic E-state index is 3.80. The smallest absolute Gasteiger partial charge is 0.0130 e. The van der Waals surface area contributed by atoms with Gasteiger partial charge < -0.3 is 10.6 Å². The fourth-order valence-corrected chi connectivity index (χ4v) is 3.05. The van der Waals surface area contributed by atoms with Gasteiger partial charge in [0.05, 0.1) is 0 Å². The summed E-state index contributed by atoms with van der Waals surface area (Å²) in [5.74, 6) is 0. The molecule has 2 heteroatoms. The van der Waals surface area contributed by atoms with Crippen molar-refractivity contribution in [3.05, 3.63) is 0 Å². The second-order valence-corrected chi connectivity index (χ2v) is 8.04. The molecule has 0 aromatic carbocycles. The minimum Gasteiger partial charge on any atom is -0.317 e. The summed E-state index contributed by atoms with van der Waals surface area (Å²) in [5, 5.41) is 7.25. The van der Waals surface area contributed by atoms with Gasteiger partial charge in [-0.2, -0.15) is 0 Å². The average Bonchev–Trinajstić information content (AvgIpc) is 2.13. The van der Waals surface area contributed by atoms with Crippen LogP contribution in [0.5, 0.6) is 0 Å². The Hall–Kier alpha value is -0.0800. The Labute approximate surface area is 108 Å². The Bertz CT molecular complexity index is 232. The minimum atomic E-state index is 0.242. The lowest BCUT2D eigenvalue weighted by molar-refractivity contribution is 0.171. The summed E-state index contributed by atoms with van der Waals surface area (Å²) < 4.78 is 0. The lowest BCUT2D eigenvalue weighted by atomic mass is 9.78. The van der Waals surface area contributed by atoms with Crippen molar-refractivity contribution in [2.45, 2.75) is 66.3 Å². The molecule has 1 aliphatic heterocycles. The monoisotopic (exact) mass is 240 g/mol. The molecule has 0 spiro atoms. The molecule has 1 rings (SSSR count). The molecule has 0 unspecified atom stereocenters. The Morgan fingerprint density at radius 2 is 1.59 bits per heavy atom. The van der Waals surface area contributed by atoms with Gasteiger partial charge in [-0.05, 0) is 57.0 Å². The number of piperidine rings is 1. The highest BCUT2D eigenvalue weighted by Crippen LogP contribution is 2.30. The van der Waals surface area contributed by atoms with E-state index in [0.717, 1.165) is 6.54 Å². The van der Waals surface area contributed by atoms with Crippen molar-refractivity contribution < 1.29 is 0 Å². The Balaban J connectivity index is 2.42. The summed E-state index contributed by atoms with van der Waals surface area (Å²) in [6.07, 6.45) is 3.81. The molecule has 2 N–H and O–H groups in total. The van der Waals surface area contributed by atoms with Crippen molar-refractivity contribution in [3.8, 4) is 0 Å². The minimum absolute atomic E-state index is 0.242. The maximum absolute atomic E-state index is 3.80. The number of hydrogen-bond donors (Lipinski definition) is 2. The van der Waals surface area contributed by atoms with Crippen LogP contribution in [0.25, 0.3) is 0 Å². The zero-order valence-electron chi connectivity index (χ0n) is 12.7. The molecule has 17 heavy (non-hydrogen) atoms. The van der Waals surface area contributed by atoms with Crippen LogP contribution in [0.3, 0.4) is 0 Å². The van der Waals surface area contributed by atoms with E-state index in [0.29, 0.717) is 10.8 Å². The van der Waals surface area contributed by atoms with E-state index in [9.17, 15) is 0 Å².